The molecule has 0 spiro atoms. The Kier molecular flexibility index (Phi) is 3.15. The molecule has 110 valence electrons. The van der Waals surface area contributed by atoms with Gasteiger partial charge in [-0.1, -0.05) is 11.6 Å². The van der Waals surface area contributed by atoms with Gasteiger partial charge < -0.3 is 0 Å². The highest BCUT2D eigenvalue weighted by atomic mass is 35.5. The van der Waals surface area contributed by atoms with Crippen molar-refractivity contribution in [1.82, 2.24) is 24.7 Å². The van der Waals surface area contributed by atoms with Crippen molar-refractivity contribution in [3.63, 3.8) is 0 Å². The Morgan fingerprint density at radius 2 is 1.86 bits per heavy atom. The Labute approximate surface area is 133 Å². The van der Waals surface area contributed by atoms with E-state index in [1.165, 1.54) is 0 Å². The minimum Gasteiger partial charge on any atom is -0.258 e. The number of aromatic nitrogens is 5. The fourth-order valence-corrected chi connectivity index (χ4v) is 2.40. The second-order valence-electron chi connectivity index (χ2n) is 5.50. The number of aryl methyl sites for hydroxylation is 1. The maximum absolute atomic E-state index is 5.97. The predicted molar refractivity (Wildman–Crippen MR) is 84.1 cm³/mol. The van der Waals surface area contributed by atoms with E-state index in [-0.39, 0.29) is 0 Å². The third kappa shape index (κ3) is 2.48. The summed E-state index contributed by atoms with van der Waals surface area (Å²) in [6.07, 6.45) is 5.79. The summed E-state index contributed by atoms with van der Waals surface area (Å²) < 4.78 is 1.82. The van der Waals surface area contributed by atoms with Crippen LogP contribution in [0.1, 0.15) is 30.3 Å². The van der Waals surface area contributed by atoms with Gasteiger partial charge in [-0.2, -0.15) is 5.10 Å². The summed E-state index contributed by atoms with van der Waals surface area (Å²) in [6.45, 7) is 1.91. The van der Waals surface area contributed by atoms with Crippen molar-refractivity contribution in [1.29, 1.82) is 0 Å². The first-order valence-electron chi connectivity index (χ1n) is 7.22. The molecule has 1 aliphatic carbocycles. The number of nitrogens with zero attached hydrogens (tertiary/aromatic N) is 5. The number of benzene rings is 1. The van der Waals surface area contributed by atoms with E-state index in [0.717, 1.165) is 41.6 Å². The van der Waals surface area contributed by atoms with Gasteiger partial charge in [0, 0.05) is 17.1 Å². The summed E-state index contributed by atoms with van der Waals surface area (Å²) in [6, 6.07) is 7.55. The first kappa shape index (κ1) is 13.4. The van der Waals surface area contributed by atoms with Gasteiger partial charge in [-0.15, -0.1) is 0 Å². The lowest BCUT2D eigenvalue weighted by atomic mass is 10.3. The minimum absolute atomic E-state index is 0.478. The van der Waals surface area contributed by atoms with E-state index >= 15 is 0 Å². The van der Waals surface area contributed by atoms with Crippen LogP contribution in [0, 0.1) is 6.92 Å². The largest absolute Gasteiger partial charge is 0.258 e. The van der Waals surface area contributed by atoms with Crippen LogP contribution in [0.5, 0.6) is 0 Å². The van der Waals surface area contributed by atoms with Gasteiger partial charge in [-0.3, -0.25) is 4.98 Å². The third-order valence-electron chi connectivity index (χ3n) is 3.65. The third-order valence-corrected chi connectivity index (χ3v) is 3.90. The van der Waals surface area contributed by atoms with Crippen LogP contribution >= 0.6 is 11.6 Å². The smallest absolute Gasteiger partial charge is 0.183 e. The first-order valence-corrected chi connectivity index (χ1v) is 7.60. The van der Waals surface area contributed by atoms with Crippen molar-refractivity contribution in [3.8, 4) is 17.2 Å². The molecule has 3 aromatic rings. The topological polar surface area (TPSA) is 56.5 Å². The molecule has 1 saturated carbocycles. The molecule has 2 heterocycles. The zero-order chi connectivity index (χ0) is 15.1. The van der Waals surface area contributed by atoms with Crippen LogP contribution in [0.4, 0.5) is 0 Å². The highest BCUT2D eigenvalue weighted by molar-refractivity contribution is 6.30. The predicted octanol–water partition coefficient (Wildman–Crippen LogP) is 3.56. The molecule has 0 saturated heterocycles. The van der Waals surface area contributed by atoms with E-state index < -0.39 is 0 Å². The standard InChI is InChI=1S/C16H14ClN5/c1-10-8-19-14(9-18-10)16-20-15(11-2-3-11)21-22(16)13-6-4-12(17)5-7-13/h4-9,11H,2-3H2,1H3. The molecular formula is C16H14ClN5. The van der Waals surface area contributed by atoms with Gasteiger partial charge >= 0.3 is 0 Å². The monoisotopic (exact) mass is 311 g/mol. The molecule has 0 radical (unpaired) electrons. The van der Waals surface area contributed by atoms with Crippen LogP contribution in [-0.4, -0.2) is 24.7 Å². The molecule has 1 fully saturated rings. The maximum Gasteiger partial charge on any atom is 0.183 e. The van der Waals surface area contributed by atoms with Crippen LogP contribution < -0.4 is 0 Å². The second-order valence-corrected chi connectivity index (χ2v) is 5.94. The molecule has 6 heteroatoms. The molecule has 22 heavy (non-hydrogen) atoms. The fraction of sp³-hybridized carbons (Fsp3) is 0.250. The van der Waals surface area contributed by atoms with Crippen molar-refractivity contribution >= 4 is 11.6 Å². The van der Waals surface area contributed by atoms with Gasteiger partial charge in [0.25, 0.3) is 0 Å². The van der Waals surface area contributed by atoms with Gasteiger partial charge in [-0.25, -0.2) is 14.6 Å². The molecule has 2 aromatic heterocycles. The molecule has 5 nitrogen and oxygen atoms in total. The molecule has 0 bridgehead atoms. The van der Waals surface area contributed by atoms with E-state index in [4.69, 9.17) is 11.6 Å². The van der Waals surface area contributed by atoms with Gasteiger partial charge in [0.15, 0.2) is 11.6 Å². The van der Waals surface area contributed by atoms with E-state index in [0.29, 0.717) is 10.9 Å². The van der Waals surface area contributed by atoms with E-state index in [1.807, 2.05) is 35.9 Å². The lowest BCUT2D eigenvalue weighted by Crippen LogP contribution is -2.01. The van der Waals surface area contributed by atoms with Crippen molar-refractivity contribution in [2.45, 2.75) is 25.7 Å². The summed E-state index contributed by atoms with van der Waals surface area (Å²) in [5.74, 6) is 2.08. The van der Waals surface area contributed by atoms with Crippen LogP contribution in [0.2, 0.25) is 5.02 Å². The lowest BCUT2D eigenvalue weighted by Gasteiger charge is -2.05. The fourth-order valence-electron chi connectivity index (χ4n) is 2.28. The van der Waals surface area contributed by atoms with Crippen LogP contribution in [0.3, 0.4) is 0 Å². The quantitative estimate of drug-likeness (QED) is 0.742. The van der Waals surface area contributed by atoms with Gasteiger partial charge in [0.05, 0.1) is 17.6 Å². The zero-order valence-electron chi connectivity index (χ0n) is 12.1. The number of halogens is 1. The normalized spacial score (nSPS) is 14.3. The van der Waals surface area contributed by atoms with Gasteiger partial charge in [0.2, 0.25) is 0 Å². The van der Waals surface area contributed by atoms with Gasteiger partial charge in [-0.05, 0) is 44.0 Å². The zero-order valence-corrected chi connectivity index (χ0v) is 12.8. The molecule has 0 unspecified atom stereocenters. The molecule has 1 aliphatic rings. The molecule has 0 amide bonds. The minimum atomic E-state index is 0.478. The molecule has 0 atom stereocenters. The maximum atomic E-state index is 5.97. The lowest BCUT2D eigenvalue weighted by molar-refractivity contribution is 0.836. The Balaban J connectivity index is 1.85. The van der Waals surface area contributed by atoms with Crippen molar-refractivity contribution in [3.05, 3.63) is 53.2 Å². The Morgan fingerprint density at radius 3 is 2.50 bits per heavy atom. The highest BCUT2D eigenvalue weighted by Gasteiger charge is 2.29. The summed E-state index contributed by atoms with van der Waals surface area (Å²) in [7, 11) is 0. The molecule has 4 rings (SSSR count). The summed E-state index contributed by atoms with van der Waals surface area (Å²) in [5, 5.41) is 5.36. The van der Waals surface area contributed by atoms with E-state index in [9.17, 15) is 0 Å². The van der Waals surface area contributed by atoms with E-state index in [2.05, 4.69) is 20.1 Å². The first-order chi connectivity index (χ1) is 10.7. The van der Waals surface area contributed by atoms with Gasteiger partial charge in [0.1, 0.15) is 5.69 Å². The Morgan fingerprint density at radius 1 is 1.09 bits per heavy atom. The number of hydrogen-bond donors (Lipinski definition) is 0. The molecular weight excluding hydrogens is 298 g/mol. The number of hydrogen-bond acceptors (Lipinski definition) is 4. The SMILES string of the molecule is Cc1cnc(-c2nc(C3CC3)nn2-c2ccc(Cl)cc2)cn1. The average molecular weight is 312 g/mol. The van der Waals surface area contributed by atoms with Crippen LogP contribution in [-0.2, 0) is 0 Å². The Bertz CT molecular complexity index is 741. The molecule has 0 N–H and O–H groups in total. The summed E-state index contributed by atoms with van der Waals surface area (Å²) in [5.41, 5.74) is 2.52. The summed E-state index contributed by atoms with van der Waals surface area (Å²) >= 11 is 5.97. The Hall–Kier alpha value is -2.27. The highest BCUT2D eigenvalue weighted by Crippen LogP contribution is 2.39. The van der Waals surface area contributed by atoms with Crippen molar-refractivity contribution in [2.24, 2.45) is 0 Å². The molecule has 1 aromatic carbocycles. The average Bonchev–Trinajstić information content (AvgIpc) is 3.29. The van der Waals surface area contributed by atoms with Crippen molar-refractivity contribution < 1.29 is 0 Å². The summed E-state index contributed by atoms with van der Waals surface area (Å²) in [4.78, 5) is 13.4. The molecule has 0 aliphatic heterocycles. The van der Waals surface area contributed by atoms with Crippen molar-refractivity contribution in [2.75, 3.05) is 0 Å². The number of rotatable bonds is 3. The van der Waals surface area contributed by atoms with Crippen LogP contribution in [0.25, 0.3) is 17.2 Å². The van der Waals surface area contributed by atoms with E-state index in [1.54, 1.807) is 12.4 Å². The van der Waals surface area contributed by atoms with Crippen LogP contribution in [0.15, 0.2) is 36.7 Å². The second kappa shape index (κ2) is 5.18.